The Hall–Kier alpha value is -1.16. The van der Waals surface area contributed by atoms with Gasteiger partial charge in [-0.25, -0.2) is 4.98 Å². The summed E-state index contributed by atoms with van der Waals surface area (Å²) in [6.45, 7) is 1.16. The molecule has 0 aromatic carbocycles. The SMILES string of the molecule is Fc1ccc(NC2CCCCC2C2CCCN2)cn1. The molecule has 1 saturated carbocycles. The van der Waals surface area contributed by atoms with Crippen LogP contribution in [0.5, 0.6) is 0 Å². The number of halogens is 1. The molecule has 0 spiro atoms. The highest BCUT2D eigenvalue weighted by atomic mass is 19.1. The van der Waals surface area contributed by atoms with Gasteiger partial charge in [-0.3, -0.25) is 0 Å². The molecule has 2 heterocycles. The Labute approximate surface area is 114 Å². The van der Waals surface area contributed by atoms with Gasteiger partial charge in [0.1, 0.15) is 0 Å². The third-order valence-corrected chi connectivity index (χ3v) is 4.51. The average molecular weight is 263 g/mol. The minimum absolute atomic E-state index is 0.414. The molecule has 3 nitrogen and oxygen atoms in total. The lowest BCUT2D eigenvalue weighted by atomic mass is 9.79. The van der Waals surface area contributed by atoms with Gasteiger partial charge < -0.3 is 10.6 Å². The molecule has 104 valence electrons. The van der Waals surface area contributed by atoms with Crippen molar-refractivity contribution in [2.75, 3.05) is 11.9 Å². The summed E-state index contributed by atoms with van der Waals surface area (Å²) in [4.78, 5) is 3.72. The van der Waals surface area contributed by atoms with E-state index >= 15 is 0 Å². The first-order valence-corrected chi connectivity index (χ1v) is 7.44. The van der Waals surface area contributed by atoms with Crippen LogP contribution >= 0.6 is 0 Å². The highest BCUT2D eigenvalue weighted by Gasteiger charge is 2.33. The molecule has 2 aliphatic rings. The Kier molecular flexibility index (Phi) is 3.97. The fraction of sp³-hybridized carbons (Fsp3) is 0.667. The van der Waals surface area contributed by atoms with E-state index in [1.165, 1.54) is 44.6 Å². The van der Waals surface area contributed by atoms with E-state index in [1.807, 2.05) is 0 Å². The zero-order valence-corrected chi connectivity index (χ0v) is 11.2. The molecule has 0 radical (unpaired) electrons. The summed E-state index contributed by atoms with van der Waals surface area (Å²) in [5.74, 6) is 0.282. The standard InChI is InChI=1S/C15H22FN3/c16-15-8-7-11(10-18-15)19-14-5-2-1-4-12(14)13-6-3-9-17-13/h7-8,10,12-14,17,19H,1-6,9H2. The van der Waals surface area contributed by atoms with Gasteiger partial charge in [-0.15, -0.1) is 0 Å². The maximum absolute atomic E-state index is 12.8. The van der Waals surface area contributed by atoms with Crippen LogP contribution in [0.2, 0.25) is 0 Å². The van der Waals surface area contributed by atoms with E-state index in [-0.39, 0.29) is 0 Å². The number of aromatic nitrogens is 1. The van der Waals surface area contributed by atoms with E-state index in [2.05, 4.69) is 15.6 Å². The van der Waals surface area contributed by atoms with Crippen LogP contribution in [-0.4, -0.2) is 23.6 Å². The molecule has 1 saturated heterocycles. The van der Waals surface area contributed by atoms with E-state index < -0.39 is 5.95 Å². The van der Waals surface area contributed by atoms with E-state index in [1.54, 1.807) is 12.3 Å². The molecule has 3 rings (SSSR count). The summed E-state index contributed by atoms with van der Waals surface area (Å²) in [7, 11) is 0. The molecule has 1 aromatic heterocycles. The van der Waals surface area contributed by atoms with Crippen LogP contribution in [0.3, 0.4) is 0 Å². The van der Waals surface area contributed by atoms with Crippen LogP contribution < -0.4 is 10.6 Å². The molecular formula is C15H22FN3. The van der Waals surface area contributed by atoms with Crippen molar-refractivity contribution in [2.45, 2.75) is 50.6 Å². The fourth-order valence-electron chi connectivity index (χ4n) is 3.57. The van der Waals surface area contributed by atoms with Gasteiger partial charge >= 0.3 is 0 Å². The van der Waals surface area contributed by atoms with Crippen molar-refractivity contribution in [3.63, 3.8) is 0 Å². The van der Waals surface area contributed by atoms with Crippen molar-refractivity contribution in [3.8, 4) is 0 Å². The molecule has 1 aliphatic heterocycles. The number of rotatable bonds is 3. The third-order valence-electron chi connectivity index (χ3n) is 4.51. The van der Waals surface area contributed by atoms with Crippen LogP contribution in [0.15, 0.2) is 18.3 Å². The summed E-state index contributed by atoms with van der Waals surface area (Å²) in [5, 5.41) is 7.20. The van der Waals surface area contributed by atoms with Crippen molar-refractivity contribution in [2.24, 2.45) is 5.92 Å². The third kappa shape index (κ3) is 3.06. The number of hydrogen-bond acceptors (Lipinski definition) is 3. The molecule has 1 aliphatic carbocycles. The topological polar surface area (TPSA) is 37.0 Å². The normalized spacial score (nSPS) is 31.3. The predicted molar refractivity (Wildman–Crippen MR) is 74.6 cm³/mol. The summed E-state index contributed by atoms with van der Waals surface area (Å²) in [5.41, 5.74) is 0.941. The molecule has 1 aromatic rings. The Balaban J connectivity index is 1.67. The number of hydrogen-bond donors (Lipinski definition) is 2. The van der Waals surface area contributed by atoms with Crippen LogP contribution in [-0.2, 0) is 0 Å². The van der Waals surface area contributed by atoms with E-state index in [0.29, 0.717) is 18.0 Å². The minimum atomic E-state index is -0.414. The first-order valence-electron chi connectivity index (χ1n) is 7.44. The average Bonchev–Trinajstić information content (AvgIpc) is 2.96. The second-order valence-electron chi connectivity index (χ2n) is 5.77. The number of pyridine rings is 1. The van der Waals surface area contributed by atoms with Gasteiger partial charge in [-0.1, -0.05) is 12.8 Å². The smallest absolute Gasteiger partial charge is 0.212 e. The quantitative estimate of drug-likeness (QED) is 0.823. The predicted octanol–water partition coefficient (Wildman–Crippen LogP) is 2.94. The molecule has 4 heteroatoms. The summed E-state index contributed by atoms with van der Waals surface area (Å²) in [6, 6.07) is 4.37. The van der Waals surface area contributed by atoms with Gasteiger partial charge in [0.15, 0.2) is 0 Å². The number of nitrogens with zero attached hydrogens (tertiary/aromatic N) is 1. The van der Waals surface area contributed by atoms with Crippen molar-refractivity contribution in [1.82, 2.24) is 10.3 Å². The lowest BCUT2D eigenvalue weighted by Crippen LogP contribution is -2.43. The van der Waals surface area contributed by atoms with Gasteiger partial charge in [0.2, 0.25) is 5.95 Å². The molecule has 0 amide bonds. The molecule has 2 fully saturated rings. The Morgan fingerprint density at radius 3 is 2.79 bits per heavy atom. The van der Waals surface area contributed by atoms with Gasteiger partial charge in [0.25, 0.3) is 0 Å². The second kappa shape index (κ2) is 5.87. The van der Waals surface area contributed by atoms with Crippen LogP contribution in [0.4, 0.5) is 10.1 Å². The van der Waals surface area contributed by atoms with Crippen molar-refractivity contribution in [1.29, 1.82) is 0 Å². The molecule has 0 bridgehead atoms. The lowest BCUT2D eigenvalue weighted by Gasteiger charge is -2.36. The molecule has 19 heavy (non-hydrogen) atoms. The maximum Gasteiger partial charge on any atom is 0.212 e. The minimum Gasteiger partial charge on any atom is -0.381 e. The van der Waals surface area contributed by atoms with Crippen LogP contribution in [0.25, 0.3) is 0 Å². The largest absolute Gasteiger partial charge is 0.381 e. The monoisotopic (exact) mass is 263 g/mol. The fourth-order valence-corrected chi connectivity index (χ4v) is 3.57. The van der Waals surface area contributed by atoms with Crippen LogP contribution in [0.1, 0.15) is 38.5 Å². The van der Waals surface area contributed by atoms with E-state index in [0.717, 1.165) is 12.2 Å². The first kappa shape index (κ1) is 12.9. The maximum atomic E-state index is 12.8. The zero-order chi connectivity index (χ0) is 13.1. The molecule has 3 unspecified atom stereocenters. The highest BCUT2D eigenvalue weighted by Crippen LogP contribution is 2.32. The Morgan fingerprint density at radius 2 is 2.05 bits per heavy atom. The Bertz CT molecular complexity index is 400. The van der Waals surface area contributed by atoms with Crippen LogP contribution in [0, 0.1) is 11.9 Å². The highest BCUT2D eigenvalue weighted by molar-refractivity contribution is 5.41. The van der Waals surface area contributed by atoms with Crippen molar-refractivity contribution in [3.05, 3.63) is 24.3 Å². The van der Waals surface area contributed by atoms with E-state index in [9.17, 15) is 4.39 Å². The van der Waals surface area contributed by atoms with Gasteiger partial charge in [-0.05, 0) is 50.3 Å². The zero-order valence-electron chi connectivity index (χ0n) is 11.2. The molecular weight excluding hydrogens is 241 g/mol. The number of nitrogens with one attached hydrogen (secondary N) is 2. The summed E-state index contributed by atoms with van der Waals surface area (Å²) >= 11 is 0. The number of anilines is 1. The first-order chi connectivity index (χ1) is 9.33. The van der Waals surface area contributed by atoms with Gasteiger partial charge in [0, 0.05) is 12.1 Å². The summed E-state index contributed by atoms with van der Waals surface area (Å²) in [6.07, 6.45) is 9.32. The van der Waals surface area contributed by atoms with E-state index in [4.69, 9.17) is 0 Å². The molecule has 2 N–H and O–H groups in total. The van der Waals surface area contributed by atoms with Crippen molar-refractivity contribution >= 4 is 5.69 Å². The second-order valence-corrected chi connectivity index (χ2v) is 5.77. The van der Waals surface area contributed by atoms with Gasteiger partial charge in [0.05, 0.1) is 11.9 Å². The summed E-state index contributed by atoms with van der Waals surface area (Å²) < 4.78 is 12.8. The van der Waals surface area contributed by atoms with Gasteiger partial charge in [-0.2, -0.15) is 4.39 Å². The molecule has 3 atom stereocenters. The van der Waals surface area contributed by atoms with Crippen molar-refractivity contribution < 1.29 is 4.39 Å². The Morgan fingerprint density at radius 1 is 1.16 bits per heavy atom. The lowest BCUT2D eigenvalue weighted by molar-refractivity contribution is 0.262.